The Hall–Kier alpha value is -2.35. The molecule has 24 heavy (non-hydrogen) atoms. The fourth-order valence-corrected chi connectivity index (χ4v) is 3.51. The van der Waals surface area contributed by atoms with Crippen molar-refractivity contribution in [3.05, 3.63) is 69.8 Å². The number of benzene rings is 1. The average molecular weight is 319 g/mol. The quantitative estimate of drug-likeness (QED) is 0.843. The van der Waals surface area contributed by atoms with Gasteiger partial charge in [0, 0.05) is 5.57 Å². The number of carbonyl (C=O) groups excluding carboxylic acids is 1. The van der Waals surface area contributed by atoms with E-state index in [1.807, 2.05) is 12.2 Å². The molecule has 0 aliphatic heterocycles. The highest BCUT2D eigenvalue weighted by molar-refractivity contribution is 6.07. The van der Waals surface area contributed by atoms with Gasteiger partial charge in [0.25, 0.3) is 0 Å². The predicted molar refractivity (Wildman–Crippen MR) is 102 cm³/mol. The highest BCUT2D eigenvalue weighted by atomic mass is 16.1. The van der Waals surface area contributed by atoms with Gasteiger partial charge in [0.05, 0.1) is 0 Å². The molecule has 0 spiro atoms. The van der Waals surface area contributed by atoms with E-state index in [0.717, 1.165) is 29.6 Å². The molecule has 0 radical (unpaired) electrons. The van der Waals surface area contributed by atoms with E-state index in [-0.39, 0.29) is 11.3 Å². The van der Waals surface area contributed by atoms with Crippen molar-refractivity contribution in [1.82, 2.24) is 0 Å². The summed E-state index contributed by atoms with van der Waals surface area (Å²) in [4.78, 5) is 12.0. The Labute approximate surface area is 144 Å². The summed E-state index contributed by atoms with van der Waals surface area (Å²) in [5, 5.41) is 0. The molecule has 0 atom stereocenters. The number of amides is 1. The van der Waals surface area contributed by atoms with Gasteiger partial charge in [-0.2, -0.15) is 0 Å². The fourth-order valence-electron chi connectivity index (χ4n) is 3.51. The number of rotatable bonds is 2. The van der Waals surface area contributed by atoms with Crippen LogP contribution in [0.3, 0.4) is 0 Å². The number of carbonyl (C=O) groups is 1. The molecule has 2 N–H and O–H groups in total. The van der Waals surface area contributed by atoms with Gasteiger partial charge in [0.2, 0.25) is 5.91 Å². The predicted octanol–water partition coefficient (Wildman–Crippen LogP) is 4.70. The molecular formula is C22H25NO. The first-order valence-electron chi connectivity index (χ1n) is 8.42. The van der Waals surface area contributed by atoms with E-state index in [0.29, 0.717) is 5.57 Å². The van der Waals surface area contributed by atoms with Crippen LogP contribution in [0, 0.1) is 0 Å². The minimum atomic E-state index is -0.389. The smallest absolute Gasteiger partial charge is 0.249 e. The number of primary amides is 1. The van der Waals surface area contributed by atoms with Crippen LogP contribution >= 0.6 is 0 Å². The van der Waals surface area contributed by atoms with Gasteiger partial charge in [-0.1, -0.05) is 63.3 Å². The van der Waals surface area contributed by atoms with E-state index in [1.165, 1.54) is 22.3 Å². The third kappa shape index (κ3) is 2.77. The second-order valence-corrected chi connectivity index (χ2v) is 7.87. The van der Waals surface area contributed by atoms with Crippen LogP contribution in [0.15, 0.2) is 47.6 Å². The van der Waals surface area contributed by atoms with Crippen molar-refractivity contribution in [3.63, 3.8) is 0 Å². The molecule has 2 aliphatic carbocycles. The lowest BCUT2D eigenvalue weighted by Crippen LogP contribution is -2.18. The Morgan fingerprint density at radius 3 is 2.58 bits per heavy atom. The van der Waals surface area contributed by atoms with Gasteiger partial charge in [0.15, 0.2) is 0 Å². The summed E-state index contributed by atoms with van der Waals surface area (Å²) in [6, 6.07) is 4.51. The van der Waals surface area contributed by atoms with E-state index in [2.05, 4.69) is 52.5 Å². The average Bonchev–Trinajstić information content (AvgIpc) is 2.85. The number of fused-ring (bicyclic) bond motifs is 1. The molecule has 2 heteroatoms. The summed E-state index contributed by atoms with van der Waals surface area (Å²) in [6.07, 6.45) is 7.73. The summed E-state index contributed by atoms with van der Waals surface area (Å²) in [7, 11) is 0. The normalized spacial score (nSPS) is 17.2. The standard InChI is InChI=1S/C22H25NO/c1-13-9-15-11-16(22(3,4)5)12-19(18(15)10-13)20-14(2)7-6-8-17(20)21(23)24/h6,8-9,11-12H,2,7,10H2,1,3-5H3,(H2,23,24). The zero-order chi connectivity index (χ0) is 17.6. The molecule has 0 fully saturated rings. The second-order valence-electron chi connectivity index (χ2n) is 7.87. The van der Waals surface area contributed by atoms with Gasteiger partial charge < -0.3 is 5.73 Å². The van der Waals surface area contributed by atoms with Crippen molar-refractivity contribution in [2.75, 3.05) is 0 Å². The third-order valence-corrected chi connectivity index (χ3v) is 4.81. The molecule has 0 saturated heterocycles. The maximum absolute atomic E-state index is 12.0. The topological polar surface area (TPSA) is 43.1 Å². The van der Waals surface area contributed by atoms with Crippen LogP contribution in [0.4, 0.5) is 0 Å². The summed E-state index contributed by atoms with van der Waals surface area (Å²) in [5.41, 5.74) is 14.4. The van der Waals surface area contributed by atoms with E-state index in [4.69, 9.17) is 5.73 Å². The Morgan fingerprint density at radius 2 is 1.96 bits per heavy atom. The monoisotopic (exact) mass is 319 g/mol. The van der Waals surface area contributed by atoms with Crippen LogP contribution in [-0.4, -0.2) is 5.91 Å². The highest BCUT2D eigenvalue weighted by Crippen LogP contribution is 2.41. The number of hydrogen-bond donors (Lipinski definition) is 1. The third-order valence-electron chi connectivity index (χ3n) is 4.81. The van der Waals surface area contributed by atoms with Crippen LogP contribution in [0.25, 0.3) is 11.6 Å². The Bertz CT molecular complexity index is 841. The molecule has 2 nitrogen and oxygen atoms in total. The molecule has 1 aromatic carbocycles. The van der Waals surface area contributed by atoms with Crippen molar-refractivity contribution < 1.29 is 4.79 Å². The molecule has 0 saturated carbocycles. The van der Waals surface area contributed by atoms with Gasteiger partial charge in [-0.05, 0) is 58.6 Å². The number of allylic oxidation sites excluding steroid dienone is 4. The van der Waals surface area contributed by atoms with Crippen molar-refractivity contribution in [2.24, 2.45) is 5.73 Å². The molecule has 1 aromatic rings. The second kappa shape index (κ2) is 5.62. The lowest BCUT2D eigenvalue weighted by Gasteiger charge is -2.25. The SMILES string of the molecule is C=C1CC=CC(C(N)=O)=C1c1cc(C(C)(C)C)cc2c1CC(C)=C2. The molecule has 1 amide bonds. The first kappa shape index (κ1) is 16.5. The van der Waals surface area contributed by atoms with Gasteiger partial charge in [-0.25, -0.2) is 0 Å². The van der Waals surface area contributed by atoms with E-state index >= 15 is 0 Å². The fraction of sp³-hybridized carbons (Fsp3) is 0.318. The minimum absolute atomic E-state index is 0.0351. The summed E-state index contributed by atoms with van der Waals surface area (Å²) >= 11 is 0. The lowest BCUT2D eigenvalue weighted by atomic mass is 9.79. The van der Waals surface area contributed by atoms with E-state index in [1.54, 1.807) is 0 Å². The molecule has 0 aromatic heterocycles. The molecular weight excluding hydrogens is 294 g/mol. The number of hydrogen-bond acceptors (Lipinski definition) is 1. The Balaban J connectivity index is 2.33. The van der Waals surface area contributed by atoms with Crippen molar-refractivity contribution in [1.29, 1.82) is 0 Å². The van der Waals surface area contributed by atoms with Gasteiger partial charge in [0.1, 0.15) is 0 Å². The summed E-state index contributed by atoms with van der Waals surface area (Å²) in [6.45, 7) is 13.0. The van der Waals surface area contributed by atoms with Crippen molar-refractivity contribution in [2.45, 2.75) is 46.0 Å². The molecule has 124 valence electrons. The van der Waals surface area contributed by atoms with Crippen LogP contribution in [0.1, 0.15) is 56.4 Å². The van der Waals surface area contributed by atoms with E-state index < -0.39 is 0 Å². The first-order chi connectivity index (χ1) is 11.2. The van der Waals surface area contributed by atoms with Crippen molar-refractivity contribution >= 4 is 17.6 Å². The zero-order valence-corrected chi connectivity index (χ0v) is 15.0. The zero-order valence-electron chi connectivity index (χ0n) is 15.0. The van der Waals surface area contributed by atoms with Gasteiger partial charge in [-0.15, -0.1) is 0 Å². The largest absolute Gasteiger partial charge is 0.366 e. The maximum Gasteiger partial charge on any atom is 0.249 e. The molecule has 3 rings (SSSR count). The highest BCUT2D eigenvalue weighted by Gasteiger charge is 2.26. The molecule has 0 bridgehead atoms. The van der Waals surface area contributed by atoms with Crippen LogP contribution in [0.5, 0.6) is 0 Å². The summed E-state index contributed by atoms with van der Waals surface area (Å²) in [5.74, 6) is -0.389. The summed E-state index contributed by atoms with van der Waals surface area (Å²) < 4.78 is 0. The maximum atomic E-state index is 12.0. The van der Waals surface area contributed by atoms with Gasteiger partial charge in [-0.3, -0.25) is 4.79 Å². The first-order valence-corrected chi connectivity index (χ1v) is 8.42. The Kier molecular flexibility index (Phi) is 3.87. The van der Waals surface area contributed by atoms with Crippen LogP contribution < -0.4 is 5.73 Å². The van der Waals surface area contributed by atoms with Crippen molar-refractivity contribution in [3.8, 4) is 0 Å². The lowest BCUT2D eigenvalue weighted by molar-refractivity contribution is -0.114. The van der Waals surface area contributed by atoms with Crippen LogP contribution in [0.2, 0.25) is 0 Å². The minimum Gasteiger partial charge on any atom is -0.366 e. The van der Waals surface area contributed by atoms with E-state index in [9.17, 15) is 4.79 Å². The molecule has 0 unspecified atom stereocenters. The van der Waals surface area contributed by atoms with Gasteiger partial charge >= 0.3 is 0 Å². The molecule has 2 aliphatic rings. The van der Waals surface area contributed by atoms with Crippen LogP contribution in [-0.2, 0) is 16.6 Å². The molecule has 0 heterocycles. The number of nitrogens with two attached hydrogens (primary N) is 1. The Morgan fingerprint density at radius 1 is 1.25 bits per heavy atom.